The second kappa shape index (κ2) is 17.2. The third-order valence-corrected chi connectivity index (χ3v) is 9.92. The van der Waals surface area contributed by atoms with Crippen LogP contribution in [0, 0.1) is 10.1 Å². The summed E-state index contributed by atoms with van der Waals surface area (Å²) in [7, 11) is 6.01. The number of hydrogen-bond donors (Lipinski definition) is 2. The molecule has 1 aromatic carbocycles. The molecule has 0 saturated heterocycles. The minimum atomic E-state index is -0.381. The number of rotatable bonds is 5. The zero-order valence-corrected chi connectivity index (χ0v) is 38.1. The lowest BCUT2D eigenvalue weighted by Gasteiger charge is -2.06. The van der Waals surface area contributed by atoms with Gasteiger partial charge < -0.3 is 9.97 Å². The SMILES string of the molecule is C[n+]1ccc(-c2c3nc(c(-c4cc[n+](C)cc4)c4ccc([nH]4)c(-c4cc[n+](C)cc4)c4nc(c(-c5ccc([N+](=O)[O-])cc5)c5ccc2[nH]5)C=C4)C=C3)cc1.I.I.I. The quantitative estimate of drug-likeness (QED) is 0.0775. The molecular weight excluding hydrogens is 1050 g/mol. The highest BCUT2D eigenvalue weighted by molar-refractivity contribution is 14.0. The molecule has 9 rings (SSSR count). The van der Waals surface area contributed by atoms with E-state index in [4.69, 9.17) is 9.97 Å². The normalized spacial score (nSPS) is 11.4. The molecule has 0 radical (unpaired) electrons. The molecule has 2 N–H and O–H groups in total. The summed E-state index contributed by atoms with van der Waals surface area (Å²) in [5, 5.41) is 11.6. The van der Waals surface area contributed by atoms with E-state index < -0.39 is 0 Å². The number of benzene rings is 1. The molecule has 13 heteroatoms. The number of non-ortho nitro benzene ring substituents is 1. The summed E-state index contributed by atoms with van der Waals surface area (Å²) < 4.78 is 6.04. The van der Waals surface area contributed by atoms with E-state index in [1.807, 2.05) is 90.2 Å². The average Bonchev–Trinajstić information content (AvgIpc) is 4.02. The molecule has 10 nitrogen and oxygen atoms in total. The molecule has 8 heterocycles. The number of H-pyrrole nitrogens is 2. The Morgan fingerprint density at radius 3 is 0.965 bits per heavy atom. The van der Waals surface area contributed by atoms with E-state index in [1.54, 1.807) is 12.1 Å². The smallest absolute Gasteiger partial charge is 0.269 e. The Balaban J connectivity index is 0.00000183. The molecular formula is C44H38I3N8O2+3. The van der Waals surface area contributed by atoms with Gasteiger partial charge in [-0.05, 0) is 83.0 Å². The van der Waals surface area contributed by atoms with Crippen molar-refractivity contribution in [2.45, 2.75) is 0 Å². The summed E-state index contributed by atoms with van der Waals surface area (Å²) in [4.78, 5) is 29.4. The van der Waals surface area contributed by atoms with Gasteiger partial charge in [-0.3, -0.25) is 10.1 Å². The Hall–Kier alpha value is -5.14. The van der Waals surface area contributed by atoms with Gasteiger partial charge in [-0.2, -0.15) is 0 Å². The molecule has 7 aromatic rings. The van der Waals surface area contributed by atoms with Crippen molar-refractivity contribution in [1.82, 2.24) is 19.9 Å². The summed E-state index contributed by atoms with van der Waals surface area (Å²) in [6, 6.07) is 27.6. The monoisotopic (exact) mass is 1090 g/mol. The molecule has 0 aliphatic carbocycles. The van der Waals surface area contributed by atoms with Crippen LogP contribution in [0.25, 0.3) is 90.9 Å². The molecule has 0 unspecified atom stereocenters. The van der Waals surface area contributed by atoms with Crippen LogP contribution in [0.5, 0.6) is 0 Å². The third kappa shape index (κ3) is 8.04. The molecule has 8 bridgehead atoms. The topological polar surface area (TPSA) is 112 Å². The fraction of sp³-hybridized carbons (Fsp3) is 0.0682. The second-order valence-corrected chi connectivity index (χ2v) is 13.6. The van der Waals surface area contributed by atoms with Crippen molar-refractivity contribution in [3.63, 3.8) is 0 Å². The van der Waals surface area contributed by atoms with Crippen molar-refractivity contribution in [2.75, 3.05) is 0 Å². The lowest BCUT2D eigenvalue weighted by atomic mass is 10.0. The van der Waals surface area contributed by atoms with Gasteiger partial charge >= 0.3 is 0 Å². The number of fused-ring (bicyclic) bond motifs is 8. The standard InChI is InChI=1S/C44H34N8O2.3HI/c1-49-22-16-29(17-23-49)42-35-10-8-33(45-35)41(28-4-6-32(7-5-28)52(53)54)34-9-11-36(46-34)43(30-18-24-50(2)25-19-30)38-13-15-40(48-38)44(39-14-12-37(42)47-39)31-20-26-51(3)27-21-31;;;/h4-27H,1-3H3,(H,45,46,47,48);3*1H/q+2;;;/p+1. The molecule has 0 amide bonds. The van der Waals surface area contributed by atoms with Crippen molar-refractivity contribution in [3.05, 3.63) is 155 Å². The van der Waals surface area contributed by atoms with E-state index in [-0.39, 0.29) is 82.5 Å². The van der Waals surface area contributed by atoms with Crippen molar-refractivity contribution in [1.29, 1.82) is 0 Å². The lowest BCUT2D eigenvalue weighted by molar-refractivity contribution is -0.671. The highest BCUT2D eigenvalue weighted by atomic mass is 127. The van der Waals surface area contributed by atoms with Gasteiger partial charge in [0.15, 0.2) is 37.2 Å². The van der Waals surface area contributed by atoms with E-state index in [2.05, 4.69) is 76.7 Å². The summed E-state index contributed by atoms with van der Waals surface area (Å²) in [5.74, 6) is 0. The van der Waals surface area contributed by atoms with Gasteiger partial charge in [0, 0.05) is 92.9 Å². The second-order valence-electron chi connectivity index (χ2n) is 13.6. The number of hydrogen-bond acceptors (Lipinski definition) is 4. The van der Waals surface area contributed by atoms with E-state index in [9.17, 15) is 10.1 Å². The van der Waals surface area contributed by atoms with E-state index in [0.717, 1.165) is 89.4 Å². The number of nitro groups is 1. The van der Waals surface area contributed by atoms with Crippen LogP contribution in [0.1, 0.15) is 22.8 Å². The largest absolute Gasteiger partial charge is 0.354 e. The first-order valence-electron chi connectivity index (χ1n) is 17.6. The number of nitrogens with zero attached hydrogens (tertiary/aromatic N) is 6. The number of aryl methyl sites for hydroxylation is 3. The van der Waals surface area contributed by atoms with Crippen LogP contribution in [0.4, 0.5) is 5.69 Å². The Bertz CT molecular complexity index is 2820. The summed E-state index contributed by atoms with van der Waals surface area (Å²) in [6.45, 7) is 0. The Kier molecular flexibility index (Phi) is 12.5. The maximum absolute atomic E-state index is 11.6. The molecule has 284 valence electrons. The van der Waals surface area contributed by atoms with Gasteiger partial charge in [0.05, 0.1) is 27.7 Å². The van der Waals surface area contributed by atoms with Crippen molar-refractivity contribution >= 4 is 124 Å². The molecule has 6 aromatic heterocycles. The van der Waals surface area contributed by atoms with Crippen LogP contribution < -0.4 is 13.7 Å². The number of nitro benzene ring substituents is 1. The van der Waals surface area contributed by atoms with Gasteiger partial charge in [0.1, 0.15) is 21.1 Å². The summed E-state index contributed by atoms with van der Waals surface area (Å²) in [6.07, 6.45) is 20.4. The van der Waals surface area contributed by atoms with E-state index in [1.165, 1.54) is 12.1 Å². The van der Waals surface area contributed by atoms with Crippen LogP contribution in [0.3, 0.4) is 0 Å². The van der Waals surface area contributed by atoms with Crippen LogP contribution in [-0.4, -0.2) is 24.9 Å². The molecule has 0 fully saturated rings. The van der Waals surface area contributed by atoms with Crippen molar-refractivity contribution in [3.8, 4) is 44.5 Å². The molecule has 57 heavy (non-hydrogen) atoms. The van der Waals surface area contributed by atoms with Crippen LogP contribution in [0.15, 0.2) is 122 Å². The summed E-state index contributed by atoms with van der Waals surface area (Å²) >= 11 is 0. The van der Waals surface area contributed by atoms with Gasteiger partial charge in [-0.15, -0.1) is 71.9 Å². The maximum Gasteiger partial charge on any atom is 0.269 e. The number of nitrogens with one attached hydrogen (secondary N) is 2. The molecule has 0 spiro atoms. The third-order valence-electron chi connectivity index (χ3n) is 9.92. The van der Waals surface area contributed by atoms with Crippen molar-refractivity contribution in [2.24, 2.45) is 21.1 Å². The minimum Gasteiger partial charge on any atom is -0.354 e. The summed E-state index contributed by atoms with van der Waals surface area (Å²) in [5.41, 5.74) is 14.3. The highest BCUT2D eigenvalue weighted by Gasteiger charge is 2.20. The van der Waals surface area contributed by atoms with Crippen LogP contribution in [-0.2, 0) is 21.1 Å². The van der Waals surface area contributed by atoms with Crippen molar-refractivity contribution < 1.29 is 18.6 Å². The number of pyridine rings is 3. The maximum atomic E-state index is 11.6. The van der Waals surface area contributed by atoms with Gasteiger partial charge in [0.2, 0.25) is 0 Å². The molecule has 2 aliphatic rings. The average molecular weight is 1090 g/mol. The van der Waals surface area contributed by atoms with E-state index in [0.29, 0.717) is 0 Å². The first kappa shape index (κ1) is 41.5. The molecule has 0 saturated carbocycles. The number of halogens is 3. The predicted octanol–water partition coefficient (Wildman–Crippen LogP) is 9.56. The highest BCUT2D eigenvalue weighted by Crippen LogP contribution is 2.38. The number of aromatic nitrogens is 7. The Morgan fingerprint density at radius 2 is 0.702 bits per heavy atom. The van der Waals surface area contributed by atoms with Gasteiger partial charge in [-0.1, -0.05) is 0 Å². The first-order valence-corrected chi connectivity index (χ1v) is 17.6. The van der Waals surface area contributed by atoms with E-state index >= 15 is 0 Å². The van der Waals surface area contributed by atoms with Crippen LogP contribution in [0.2, 0.25) is 0 Å². The zero-order chi connectivity index (χ0) is 36.9. The van der Waals surface area contributed by atoms with Gasteiger partial charge in [0.25, 0.3) is 5.69 Å². The lowest BCUT2D eigenvalue weighted by Crippen LogP contribution is -2.25. The fourth-order valence-electron chi connectivity index (χ4n) is 7.17. The van der Waals surface area contributed by atoms with Crippen LogP contribution >= 0.6 is 71.9 Å². The fourth-order valence-corrected chi connectivity index (χ4v) is 7.17. The molecule has 0 atom stereocenters. The minimum absolute atomic E-state index is 0. The zero-order valence-electron chi connectivity index (χ0n) is 31.1. The molecule has 2 aliphatic heterocycles. The first-order chi connectivity index (χ1) is 26.3. The number of aromatic amines is 2. The Labute approximate surface area is 380 Å². The Morgan fingerprint density at radius 1 is 0.439 bits per heavy atom. The predicted molar refractivity (Wildman–Crippen MR) is 257 cm³/mol. The van der Waals surface area contributed by atoms with Gasteiger partial charge in [-0.25, -0.2) is 23.7 Å².